The van der Waals surface area contributed by atoms with Crippen LogP contribution in [0.3, 0.4) is 0 Å². The second kappa shape index (κ2) is 14.4. The number of nitrogens with one attached hydrogen (secondary N) is 3. The third kappa shape index (κ3) is 8.62. The Morgan fingerprint density at radius 1 is 0.786 bits per heavy atom. The van der Waals surface area contributed by atoms with Crippen LogP contribution in [-0.2, 0) is 32.0 Å². The van der Waals surface area contributed by atoms with Crippen molar-refractivity contribution in [1.29, 1.82) is 0 Å². The van der Waals surface area contributed by atoms with E-state index in [9.17, 15) is 19.2 Å². The highest BCUT2D eigenvalue weighted by atomic mass is 16.4. The normalized spacial score (nSPS) is 12.2. The van der Waals surface area contributed by atoms with Crippen LogP contribution in [0.1, 0.15) is 30.5 Å². The molecule has 6 N–H and O–H groups in total. The highest BCUT2D eigenvalue weighted by Gasteiger charge is 2.26. The van der Waals surface area contributed by atoms with Gasteiger partial charge < -0.3 is 26.5 Å². The number of nitrogens with zero attached hydrogens (tertiary/aromatic N) is 1. The van der Waals surface area contributed by atoms with E-state index in [0.717, 1.165) is 27.8 Å². The van der Waals surface area contributed by atoms with Gasteiger partial charge in [-0.3, -0.25) is 19.2 Å². The van der Waals surface area contributed by atoms with E-state index in [0.29, 0.717) is 12.1 Å². The molecule has 3 aromatic carbocycles. The van der Waals surface area contributed by atoms with Gasteiger partial charge in [0.1, 0.15) is 12.1 Å². The molecule has 10 heteroatoms. The molecule has 0 fully saturated rings. The standard InChI is InChI=1S/C32H33N5O5/c33-31(41)28(18-26-19-34-20-35-26)37-32(42)27(15-17-30(39)40)36-29(38)16-8-21-6-9-23(10-7-21)25-13-11-24(12-14-25)22-4-2-1-3-5-22/h1-7,9-14,19-20,27-28H,8,15-18H2,(H2,33,41)(H,34,35)(H,36,38)(H,37,42)(H,39,40). The van der Waals surface area contributed by atoms with E-state index < -0.39 is 35.8 Å². The average Bonchev–Trinajstić information content (AvgIpc) is 3.52. The molecule has 0 aliphatic carbocycles. The van der Waals surface area contributed by atoms with E-state index in [1.54, 1.807) is 0 Å². The molecular formula is C32H33N5O5. The number of aromatic amines is 1. The molecule has 0 saturated carbocycles. The number of aromatic nitrogens is 2. The predicted octanol–water partition coefficient (Wildman–Crippen LogP) is 3.24. The van der Waals surface area contributed by atoms with E-state index in [2.05, 4.69) is 57.0 Å². The maximum absolute atomic E-state index is 12.9. The number of hydrogen-bond donors (Lipinski definition) is 5. The van der Waals surface area contributed by atoms with Gasteiger partial charge in [0.05, 0.1) is 6.33 Å². The minimum atomic E-state index is -1.14. The van der Waals surface area contributed by atoms with Crippen molar-refractivity contribution in [3.63, 3.8) is 0 Å². The minimum Gasteiger partial charge on any atom is -0.481 e. The molecule has 4 aromatic rings. The van der Waals surface area contributed by atoms with Crippen molar-refractivity contribution in [2.75, 3.05) is 0 Å². The molecule has 42 heavy (non-hydrogen) atoms. The Bertz CT molecular complexity index is 1490. The number of carboxylic acids is 1. The molecule has 0 bridgehead atoms. The van der Waals surface area contributed by atoms with Gasteiger partial charge in [-0.15, -0.1) is 0 Å². The summed E-state index contributed by atoms with van der Waals surface area (Å²) in [4.78, 5) is 55.4. The number of hydrogen-bond acceptors (Lipinski definition) is 5. The number of nitrogens with two attached hydrogens (primary N) is 1. The Morgan fingerprint density at radius 3 is 1.93 bits per heavy atom. The number of carbonyl (C=O) groups is 4. The Balaban J connectivity index is 1.32. The van der Waals surface area contributed by atoms with E-state index in [1.165, 1.54) is 12.5 Å². The average molecular weight is 568 g/mol. The lowest BCUT2D eigenvalue weighted by Crippen LogP contribution is -2.53. The van der Waals surface area contributed by atoms with Crippen LogP contribution in [0.2, 0.25) is 0 Å². The third-order valence-electron chi connectivity index (χ3n) is 6.86. The zero-order chi connectivity index (χ0) is 29.9. The molecule has 0 saturated heterocycles. The molecule has 3 amide bonds. The summed E-state index contributed by atoms with van der Waals surface area (Å²) in [6, 6.07) is 24.2. The van der Waals surface area contributed by atoms with Gasteiger partial charge in [0.25, 0.3) is 0 Å². The fourth-order valence-corrected chi connectivity index (χ4v) is 4.52. The SMILES string of the molecule is NC(=O)C(Cc1cnc[nH]1)NC(=O)C(CCC(=O)O)NC(=O)CCc1ccc(-c2ccc(-c3ccccc3)cc2)cc1. The Morgan fingerprint density at radius 2 is 1.38 bits per heavy atom. The first kappa shape index (κ1) is 29.7. The first-order chi connectivity index (χ1) is 20.3. The maximum Gasteiger partial charge on any atom is 0.303 e. The van der Waals surface area contributed by atoms with Crippen molar-refractivity contribution in [3.8, 4) is 22.3 Å². The van der Waals surface area contributed by atoms with Gasteiger partial charge in [0, 0.05) is 31.2 Å². The topological polar surface area (TPSA) is 167 Å². The van der Waals surface area contributed by atoms with Gasteiger partial charge in [-0.05, 0) is 40.7 Å². The van der Waals surface area contributed by atoms with E-state index in [1.807, 2.05) is 42.5 Å². The van der Waals surface area contributed by atoms with Crippen molar-refractivity contribution in [2.45, 2.75) is 44.2 Å². The van der Waals surface area contributed by atoms with Gasteiger partial charge in [-0.2, -0.15) is 0 Å². The zero-order valence-electron chi connectivity index (χ0n) is 23.0. The molecule has 0 spiro atoms. The predicted molar refractivity (Wildman–Crippen MR) is 158 cm³/mol. The lowest BCUT2D eigenvalue weighted by molar-refractivity contribution is -0.138. The molecular weight excluding hydrogens is 534 g/mol. The van der Waals surface area contributed by atoms with Gasteiger partial charge in [-0.1, -0.05) is 78.9 Å². The van der Waals surface area contributed by atoms with Crippen LogP contribution in [0.25, 0.3) is 22.3 Å². The molecule has 216 valence electrons. The van der Waals surface area contributed by atoms with Crippen LogP contribution in [0.4, 0.5) is 0 Å². The van der Waals surface area contributed by atoms with Gasteiger partial charge in [0.2, 0.25) is 17.7 Å². The second-order valence-corrected chi connectivity index (χ2v) is 9.94. The number of aryl methyl sites for hydroxylation is 1. The number of amides is 3. The molecule has 4 rings (SSSR count). The first-order valence-corrected chi connectivity index (χ1v) is 13.6. The molecule has 10 nitrogen and oxygen atoms in total. The number of H-pyrrole nitrogens is 1. The number of carbonyl (C=O) groups excluding carboxylic acids is 3. The summed E-state index contributed by atoms with van der Waals surface area (Å²) in [6.45, 7) is 0. The van der Waals surface area contributed by atoms with Gasteiger partial charge in [0.15, 0.2) is 0 Å². The monoisotopic (exact) mass is 567 g/mol. The number of imidazole rings is 1. The van der Waals surface area contributed by atoms with Crippen molar-refractivity contribution in [1.82, 2.24) is 20.6 Å². The molecule has 2 atom stereocenters. The summed E-state index contributed by atoms with van der Waals surface area (Å²) in [6.07, 6.45) is 3.05. The first-order valence-electron chi connectivity index (χ1n) is 13.6. The number of primary amides is 1. The summed E-state index contributed by atoms with van der Waals surface area (Å²) < 4.78 is 0. The highest BCUT2D eigenvalue weighted by Crippen LogP contribution is 2.25. The van der Waals surface area contributed by atoms with E-state index in [4.69, 9.17) is 10.8 Å². The number of benzene rings is 3. The lowest BCUT2D eigenvalue weighted by atomic mass is 9.99. The summed E-state index contributed by atoms with van der Waals surface area (Å²) in [5.74, 6) is -2.97. The maximum atomic E-state index is 12.9. The Hall–Kier alpha value is -5.25. The molecule has 0 aliphatic heterocycles. The van der Waals surface area contributed by atoms with Crippen molar-refractivity contribution >= 4 is 23.7 Å². The van der Waals surface area contributed by atoms with Crippen molar-refractivity contribution in [3.05, 3.63) is 103 Å². The van der Waals surface area contributed by atoms with Gasteiger partial charge >= 0.3 is 5.97 Å². The van der Waals surface area contributed by atoms with Crippen molar-refractivity contribution < 1.29 is 24.3 Å². The molecule has 0 radical (unpaired) electrons. The summed E-state index contributed by atoms with van der Waals surface area (Å²) in [5, 5.41) is 14.3. The van der Waals surface area contributed by atoms with Gasteiger partial charge in [-0.25, -0.2) is 4.98 Å². The number of rotatable bonds is 14. The number of aliphatic carboxylic acids is 1. The largest absolute Gasteiger partial charge is 0.481 e. The third-order valence-corrected chi connectivity index (χ3v) is 6.86. The zero-order valence-corrected chi connectivity index (χ0v) is 23.0. The summed E-state index contributed by atoms with van der Waals surface area (Å²) in [7, 11) is 0. The summed E-state index contributed by atoms with van der Waals surface area (Å²) >= 11 is 0. The van der Waals surface area contributed by atoms with Crippen LogP contribution >= 0.6 is 0 Å². The van der Waals surface area contributed by atoms with Crippen LogP contribution in [0, 0.1) is 0 Å². The lowest BCUT2D eigenvalue weighted by Gasteiger charge is -2.21. The fourth-order valence-electron chi connectivity index (χ4n) is 4.52. The fraction of sp³-hybridized carbons (Fsp3) is 0.219. The van der Waals surface area contributed by atoms with Crippen LogP contribution < -0.4 is 16.4 Å². The van der Waals surface area contributed by atoms with Crippen LogP contribution in [0.5, 0.6) is 0 Å². The molecule has 1 aromatic heterocycles. The summed E-state index contributed by atoms with van der Waals surface area (Å²) in [5.41, 5.74) is 11.4. The van der Waals surface area contributed by atoms with E-state index in [-0.39, 0.29) is 25.7 Å². The van der Waals surface area contributed by atoms with Crippen LogP contribution in [0.15, 0.2) is 91.4 Å². The quantitative estimate of drug-likeness (QED) is 0.157. The minimum absolute atomic E-state index is 0.0772. The van der Waals surface area contributed by atoms with Crippen molar-refractivity contribution in [2.24, 2.45) is 5.73 Å². The molecule has 0 aliphatic rings. The Kier molecular flexibility index (Phi) is 10.2. The van der Waals surface area contributed by atoms with E-state index >= 15 is 0 Å². The number of carboxylic acid groups (broad SMARTS) is 1. The molecule has 1 heterocycles. The smallest absolute Gasteiger partial charge is 0.303 e. The molecule has 2 unspecified atom stereocenters. The second-order valence-electron chi connectivity index (χ2n) is 9.94. The highest BCUT2D eigenvalue weighted by molar-refractivity contribution is 5.92. The Labute approximate surface area is 243 Å². The van der Waals surface area contributed by atoms with Crippen LogP contribution in [-0.4, -0.2) is 50.8 Å².